The van der Waals surface area contributed by atoms with Crippen molar-refractivity contribution < 1.29 is 14.9 Å². The number of aliphatic hydroxyl groups excluding tert-OH is 2. The molecular formula is C24H36ClN3O3. The number of halogens is 1. The van der Waals surface area contributed by atoms with Gasteiger partial charge < -0.3 is 25.3 Å². The molecule has 172 valence electrons. The quantitative estimate of drug-likeness (QED) is 0.559. The lowest BCUT2D eigenvalue weighted by atomic mass is 10.2. The zero-order valence-electron chi connectivity index (χ0n) is 18.6. The van der Waals surface area contributed by atoms with Crippen molar-refractivity contribution in [1.82, 2.24) is 4.90 Å². The number of nitrogens with zero attached hydrogens (tertiary/aromatic N) is 2. The maximum Gasteiger partial charge on any atom is 0.121 e. The van der Waals surface area contributed by atoms with E-state index in [-0.39, 0.29) is 19.8 Å². The summed E-state index contributed by atoms with van der Waals surface area (Å²) in [7, 11) is 0. The number of anilines is 1. The van der Waals surface area contributed by atoms with Crippen molar-refractivity contribution in [1.29, 1.82) is 5.41 Å². The Morgan fingerprint density at radius 1 is 1.03 bits per heavy atom. The second-order valence-electron chi connectivity index (χ2n) is 7.00. The summed E-state index contributed by atoms with van der Waals surface area (Å²) in [5.41, 5.74) is 2.33. The fourth-order valence-corrected chi connectivity index (χ4v) is 3.18. The van der Waals surface area contributed by atoms with Crippen LogP contribution in [0.5, 0.6) is 5.75 Å². The van der Waals surface area contributed by atoms with Gasteiger partial charge in [-0.05, 0) is 31.7 Å². The van der Waals surface area contributed by atoms with Gasteiger partial charge in [-0.2, -0.15) is 0 Å². The molecule has 0 radical (unpaired) electrons. The number of β-amino-alcohol motifs (C(OH)–C–C–N with tert-alkyl or cyclic N) is 1. The van der Waals surface area contributed by atoms with Crippen LogP contribution in [0.3, 0.4) is 0 Å². The fraction of sp³-hybridized carbons (Fsp3) is 0.458. The molecule has 1 saturated heterocycles. The van der Waals surface area contributed by atoms with Crippen LogP contribution in [0.2, 0.25) is 5.02 Å². The summed E-state index contributed by atoms with van der Waals surface area (Å²) in [5.74, 6) is 0.673. The van der Waals surface area contributed by atoms with Crippen molar-refractivity contribution in [3.05, 3.63) is 59.1 Å². The van der Waals surface area contributed by atoms with E-state index < -0.39 is 0 Å². The maximum atomic E-state index is 8.94. The lowest BCUT2D eigenvalue weighted by molar-refractivity contribution is 0.188. The Morgan fingerprint density at radius 3 is 2.13 bits per heavy atom. The van der Waals surface area contributed by atoms with E-state index >= 15 is 0 Å². The highest BCUT2D eigenvalue weighted by molar-refractivity contribution is 6.33. The van der Waals surface area contributed by atoms with E-state index in [0.717, 1.165) is 44.8 Å². The van der Waals surface area contributed by atoms with Gasteiger partial charge in [0.2, 0.25) is 0 Å². The average molecular weight is 450 g/mol. The molecule has 3 N–H and O–H groups in total. The third-order valence-electron chi connectivity index (χ3n) is 4.55. The number of rotatable bonds is 7. The predicted molar refractivity (Wildman–Crippen MR) is 130 cm³/mol. The molecule has 0 atom stereocenters. The molecule has 0 aliphatic carbocycles. The Bertz CT molecular complexity index is 723. The van der Waals surface area contributed by atoms with Crippen molar-refractivity contribution in [2.45, 2.75) is 20.3 Å². The summed E-state index contributed by atoms with van der Waals surface area (Å²) in [4.78, 5) is 4.48. The molecule has 1 aliphatic heterocycles. The van der Waals surface area contributed by atoms with Gasteiger partial charge in [-0.1, -0.05) is 54.4 Å². The molecule has 0 aromatic heterocycles. The number of piperazine rings is 1. The Kier molecular flexibility index (Phi) is 14.4. The van der Waals surface area contributed by atoms with Gasteiger partial charge in [0, 0.05) is 38.8 Å². The lowest BCUT2D eigenvalue weighted by Gasteiger charge is -2.36. The molecule has 6 nitrogen and oxygen atoms in total. The number of aliphatic hydroxyl groups is 2. The summed E-state index contributed by atoms with van der Waals surface area (Å²) in [6.07, 6.45) is 2.24. The molecule has 7 heteroatoms. The number of nitrogens with one attached hydrogen (secondary N) is 1. The van der Waals surface area contributed by atoms with Crippen molar-refractivity contribution in [2.24, 2.45) is 0 Å². The van der Waals surface area contributed by atoms with Crippen LogP contribution in [-0.4, -0.2) is 73.9 Å². The smallest absolute Gasteiger partial charge is 0.121 e. The monoisotopic (exact) mass is 449 g/mol. The highest BCUT2D eigenvalue weighted by Crippen LogP contribution is 2.30. The molecule has 0 bridgehead atoms. The summed E-state index contributed by atoms with van der Waals surface area (Å²) in [6.45, 7) is 8.88. The fourth-order valence-electron chi connectivity index (χ4n) is 2.89. The third kappa shape index (κ3) is 11.2. The van der Waals surface area contributed by atoms with Crippen molar-refractivity contribution in [3.63, 3.8) is 0 Å². The van der Waals surface area contributed by atoms with E-state index in [9.17, 15) is 0 Å². The van der Waals surface area contributed by atoms with Crippen molar-refractivity contribution >= 4 is 23.5 Å². The molecule has 31 heavy (non-hydrogen) atoms. The highest BCUT2D eigenvalue weighted by Gasteiger charge is 2.18. The number of ether oxygens (including phenoxy) is 1. The first-order valence-electron chi connectivity index (χ1n) is 10.7. The molecule has 1 aliphatic rings. The van der Waals surface area contributed by atoms with E-state index in [2.05, 4.69) is 28.9 Å². The maximum absolute atomic E-state index is 8.94. The van der Waals surface area contributed by atoms with E-state index in [1.54, 1.807) is 6.07 Å². The number of aryl methyl sites for hydroxylation is 1. The van der Waals surface area contributed by atoms with Gasteiger partial charge in [0.05, 0.1) is 23.9 Å². The van der Waals surface area contributed by atoms with Crippen LogP contribution in [-0.2, 0) is 0 Å². The molecule has 2 aromatic rings. The topological polar surface area (TPSA) is 80.0 Å². The molecule has 1 fully saturated rings. The lowest BCUT2D eigenvalue weighted by Crippen LogP contribution is -2.47. The Labute approximate surface area is 191 Å². The first kappa shape index (κ1) is 26.9. The third-order valence-corrected chi connectivity index (χ3v) is 4.86. The number of hydrogen-bond acceptors (Lipinski definition) is 6. The minimum Gasteiger partial charge on any atom is -0.491 e. The Hall–Kier alpha value is -2.12. The van der Waals surface area contributed by atoms with Gasteiger partial charge in [0.15, 0.2) is 0 Å². The number of hydrogen-bond donors (Lipinski definition) is 3. The highest BCUT2D eigenvalue weighted by atomic mass is 35.5. The Balaban J connectivity index is 0.000000358. The number of benzene rings is 2. The average Bonchev–Trinajstić information content (AvgIpc) is 2.80. The second kappa shape index (κ2) is 16.6. The zero-order chi connectivity index (χ0) is 22.9. The standard InChI is InChI=1S/C14H21ClN2O3.C7H8.C3H7N/c15-13-11-12(20-10-9-19)1-2-14(13)17-5-3-16(4-6-17)7-8-18;1-7-5-3-2-4-6-7;1-2-3-4/h1-2,11,18-19H,3-10H2;2-6H,1H3;3-4H,2H2,1H3. The molecule has 0 spiro atoms. The van der Waals surface area contributed by atoms with E-state index in [1.165, 1.54) is 11.8 Å². The summed E-state index contributed by atoms with van der Waals surface area (Å²) in [5, 5.41) is 24.7. The molecule has 0 saturated carbocycles. The zero-order valence-corrected chi connectivity index (χ0v) is 19.4. The van der Waals surface area contributed by atoms with Gasteiger partial charge in [-0.25, -0.2) is 0 Å². The van der Waals surface area contributed by atoms with Crippen LogP contribution in [0, 0.1) is 12.3 Å². The van der Waals surface area contributed by atoms with Gasteiger partial charge in [-0.15, -0.1) is 0 Å². The van der Waals surface area contributed by atoms with Gasteiger partial charge in [0.25, 0.3) is 0 Å². The summed E-state index contributed by atoms with van der Waals surface area (Å²) < 4.78 is 5.34. The van der Waals surface area contributed by atoms with Crippen LogP contribution < -0.4 is 9.64 Å². The SMILES string of the molecule is CCC=N.Cc1ccccc1.OCCOc1ccc(N2CCN(CCO)CC2)c(Cl)c1. The predicted octanol–water partition coefficient (Wildman–Crippen LogP) is 3.87. The van der Waals surface area contributed by atoms with E-state index in [0.29, 0.717) is 10.8 Å². The van der Waals surface area contributed by atoms with Crippen LogP contribution in [0.4, 0.5) is 5.69 Å². The molecule has 1 heterocycles. The van der Waals surface area contributed by atoms with Crippen LogP contribution in [0.25, 0.3) is 0 Å². The molecule has 3 rings (SSSR count). The van der Waals surface area contributed by atoms with Gasteiger partial charge >= 0.3 is 0 Å². The molecule has 2 aromatic carbocycles. The molecule has 0 unspecified atom stereocenters. The Morgan fingerprint density at radius 2 is 1.68 bits per heavy atom. The van der Waals surface area contributed by atoms with E-state index in [1.807, 2.05) is 37.3 Å². The summed E-state index contributed by atoms with van der Waals surface area (Å²) >= 11 is 6.30. The summed E-state index contributed by atoms with van der Waals surface area (Å²) in [6, 6.07) is 15.9. The first-order chi connectivity index (χ1) is 15.0. The largest absolute Gasteiger partial charge is 0.491 e. The second-order valence-corrected chi connectivity index (χ2v) is 7.41. The first-order valence-corrected chi connectivity index (χ1v) is 11.0. The molecular weight excluding hydrogens is 414 g/mol. The van der Waals surface area contributed by atoms with Crippen LogP contribution in [0.15, 0.2) is 48.5 Å². The van der Waals surface area contributed by atoms with Crippen molar-refractivity contribution in [2.75, 3.05) is 57.4 Å². The normalized spacial score (nSPS) is 13.4. The van der Waals surface area contributed by atoms with Gasteiger partial charge in [0.1, 0.15) is 12.4 Å². The van der Waals surface area contributed by atoms with Crippen molar-refractivity contribution in [3.8, 4) is 5.75 Å². The minimum atomic E-state index is -0.00775. The van der Waals surface area contributed by atoms with Crippen LogP contribution in [0.1, 0.15) is 18.9 Å². The van der Waals surface area contributed by atoms with Crippen LogP contribution >= 0.6 is 11.6 Å². The minimum absolute atomic E-state index is 0.00775. The molecule has 0 amide bonds. The van der Waals surface area contributed by atoms with Gasteiger partial charge in [-0.3, -0.25) is 4.90 Å². The van der Waals surface area contributed by atoms with E-state index in [4.69, 9.17) is 32.0 Å².